The lowest BCUT2D eigenvalue weighted by atomic mass is 10.00. The van der Waals surface area contributed by atoms with Crippen LogP contribution in [0.2, 0.25) is 12.1 Å². The highest BCUT2D eigenvalue weighted by molar-refractivity contribution is 6.67. The van der Waals surface area contributed by atoms with Gasteiger partial charge in [0.1, 0.15) is 6.10 Å². The number of hydrogen-bond acceptors (Lipinski definition) is 2. The van der Waals surface area contributed by atoms with Crippen molar-refractivity contribution < 1.29 is 48.4 Å². The van der Waals surface area contributed by atoms with Crippen LogP contribution in [0.1, 0.15) is 27.7 Å². The minimum atomic E-state index is -6.92. The van der Waals surface area contributed by atoms with Gasteiger partial charge in [-0.2, -0.15) is 39.5 Å². The second-order valence-electron chi connectivity index (χ2n) is 5.08. The van der Waals surface area contributed by atoms with Crippen LogP contribution < -0.4 is 0 Å². The molecular formula is C12H19F9O2Si. The SMILES string of the molecule is CCO[Si](CC)(CC)OC(C)C(F)(F)C(F)(F)C(F)(F)C(F)(F)F. The summed E-state index contributed by atoms with van der Waals surface area (Å²) in [6, 6.07) is 0.0536. The third kappa shape index (κ3) is 4.01. The van der Waals surface area contributed by atoms with E-state index in [1.807, 2.05) is 0 Å². The van der Waals surface area contributed by atoms with Crippen molar-refractivity contribution in [3.63, 3.8) is 0 Å². The first-order valence-corrected chi connectivity index (χ1v) is 9.31. The molecular weight excluding hydrogens is 375 g/mol. The van der Waals surface area contributed by atoms with Crippen molar-refractivity contribution in [3.8, 4) is 0 Å². The lowest BCUT2D eigenvalue weighted by Gasteiger charge is -2.39. The summed E-state index contributed by atoms with van der Waals surface area (Å²) in [7, 11) is -3.44. The first-order chi connectivity index (χ1) is 10.6. The zero-order chi connectivity index (χ0) is 19.6. The van der Waals surface area contributed by atoms with E-state index in [0.717, 1.165) is 0 Å². The van der Waals surface area contributed by atoms with E-state index in [4.69, 9.17) is 8.85 Å². The van der Waals surface area contributed by atoms with Crippen molar-refractivity contribution in [2.75, 3.05) is 6.61 Å². The molecule has 0 bridgehead atoms. The van der Waals surface area contributed by atoms with Gasteiger partial charge in [-0.15, -0.1) is 0 Å². The van der Waals surface area contributed by atoms with Gasteiger partial charge in [0.05, 0.1) is 0 Å². The Labute approximate surface area is 134 Å². The van der Waals surface area contributed by atoms with Gasteiger partial charge in [-0.25, -0.2) is 0 Å². The molecule has 0 spiro atoms. The van der Waals surface area contributed by atoms with Crippen LogP contribution in [0.15, 0.2) is 0 Å². The molecule has 0 saturated carbocycles. The predicted molar refractivity (Wildman–Crippen MR) is 69.8 cm³/mol. The Hall–Kier alpha value is -0.493. The normalized spacial score (nSPS) is 16.4. The third-order valence-corrected chi connectivity index (χ3v) is 7.31. The summed E-state index contributed by atoms with van der Waals surface area (Å²) in [5, 5.41) is 0. The minimum Gasteiger partial charge on any atom is -0.394 e. The van der Waals surface area contributed by atoms with Gasteiger partial charge in [0.25, 0.3) is 0 Å². The second kappa shape index (κ2) is 7.40. The van der Waals surface area contributed by atoms with Crippen molar-refractivity contribution in [1.29, 1.82) is 0 Å². The van der Waals surface area contributed by atoms with Gasteiger partial charge in [-0.3, -0.25) is 0 Å². The summed E-state index contributed by atoms with van der Waals surface area (Å²) < 4.78 is 126. The van der Waals surface area contributed by atoms with Gasteiger partial charge in [-0.05, 0) is 25.9 Å². The number of rotatable bonds is 9. The van der Waals surface area contributed by atoms with Crippen LogP contribution in [0.4, 0.5) is 39.5 Å². The summed E-state index contributed by atoms with van der Waals surface area (Å²) in [5.74, 6) is -19.4. The van der Waals surface area contributed by atoms with E-state index in [1.54, 1.807) is 0 Å². The molecule has 0 aromatic heterocycles. The van der Waals surface area contributed by atoms with Gasteiger partial charge in [-0.1, -0.05) is 13.8 Å². The molecule has 0 heterocycles. The van der Waals surface area contributed by atoms with E-state index in [0.29, 0.717) is 6.92 Å². The summed E-state index contributed by atoms with van der Waals surface area (Å²) in [6.07, 6.45) is -9.75. The van der Waals surface area contributed by atoms with Gasteiger partial charge in [0.2, 0.25) is 0 Å². The Bertz CT molecular complexity index is 408. The van der Waals surface area contributed by atoms with Crippen molar-refractivity contribution in [2.45, 2.75) is 69.8 Å². The fourth-order valence-corrected chi connectivity index (χ4v) is 4.58. The maximum Gasteiger partial charge on any atom is 0.460 e. The van der Waals surface area contributed by atoms with E-state index in [2.05, 4.69) is 0 Å². The van der Waals surface area contributed by atoms with Crippen molar-refractivity contribution in [3.05, 3.63) is 0 Å². The zero-order valence-corrected chi connectivity index (χ0v) is 14.4. The summed E-state index contributed by atoms with van der Waals surface area (Å²) in [6.45, 7) is 4.71. The molecule has 1 unspecified atom stereocenters. The molecule has 0 aromatic rings. The number of halogens is 9. The molecule has 0 aromatic carbocycles. The molecule has 1 atom stereocenters. The summed E-state index contributed by atoms with van der Waals surface area (Å²) >= 11 is 0. The predicted octanol–water partition coefficient (Wildman–Crippen LogP) is 5.38. The van der Waals surface area contributed by atoms with Crippen molar-refractivity contribution >= 4 is 8.56 Å². The van der Waals surface area contributed by atoms with Crippen LogP contribution >= 0.6 is 0 Å². The quantitative estimate of drug-likeness (QED) is 0.386. The Morgan fingerprint density at radius 1 is 0.792 bits per heavy atom. The average molecular weight is 394 g/mol. The highest BCUT2D eigenvalue weighted by Gasteiger charge is 2.83. The van der Waals surface area contributed by atoms with Gasteiger partial charge >= 0.3 is 32.5 Å². The number of alkyl halides is 9. The van der Waals surface area contributed by atoms with E-state index in [-0.39, 0.29) is 18.7 Å². The first-order valence-electron chi connectivity index (χ1n) is 7.08. The molecule has 0 radical (unpaired) electrons. The molecule has 0 fully saturated rings. The standard InChI is InChI=1S/C12H19F9O2Si/c1-5-22-24(6-2,7-3)23-8(4)9(13,14)10(15,16)11(17,18)12(19,20)21/h8H,5-7H2,1-4H3. The lowest BCUT2D eigenvalue weighted by molar-refractivity contribution is -0.404. The molecule has 146 valence electrons. The molecule has 0 N–H and O–H groups in total. The lowest BCUT2D eigenvalue weighted by Crippen LogP contribution is -2.65. The van der Waals surface area contributed by atoms with E-state index < -0.39 is 38.6 Å². The first kappa shape index (κ1) is 23.5. The summed E-state index contributed by atoms with van der Waals surface area (Å²) in [4.78, 5) is 0. The second-order valence-corrected chi connectivity index (χ2v) is 8.84. The zero-order valence-electron chi connectivity index (χ0n) is 13.4. The minimum absolute atomic E-state index is 0.0126. The highest BCUT2D eigenvalue weighted by atomic mass is 28.4. The van der Waals surface area contributed by atoms with Gasteiger partial charge < -0.3 is 8.85 Å². The Morgan fingerprint density at radius 3 is 1.50 bits per heavy atom. The smallest absolute Gasteiger partial charge is 0.394 e. The Kier molecular flexibility index (Phi) is 7.25. The fraction of sp³-hybridized carbons (Fsp3) is 1.00. The molecule has 0 saturated heterocycles. The largest absolute Gasteiger partial charge is 0.460 e. The van der Waals surface area contributed by atoms with Crippen LogP contribution in [0.5, 0.6) is 0 Å². The molecule has 2 nitrogen and oxygen atoms in total. The molecule has 12 heteroatoms. The van der Waals surface area contributed by atoms with Crippen LogP contribution in [0.25, 0.3) is 0 Å². The third-order valence-electron chi connectivity index (χ3n) is 3.56. The molecule has 0 aliphatic rings. The van der Waals surface area contributed by atoms with Gasteiger partial charge in [0.15, 0.2) is 0 Å². The fourth-order valence-electron chi connectivity index (χ4n) is 1.96. The Morgan fingerprint density at radius 2 is 1.21 bits per heavy atom. The number of hydrogen-bond donors (Lipinski definition) is 0. The topological polar surface area (TPSA) is 18.5 Å². The molecule has 24 heavy (non-hydrogen) atoms. The van der Waals surface area contributed by atoms with Crippen molar-refractivity contribution in [1.82, 2.24) is 0 Å². The highest BCUT2D eigenvalue weighted by Crippen LogP contribution is 2.54. The van der Waals surface area contributed by atoms with Crippen LogP contribution in [-0.4, -0.2) is 45.2 Å². The molecule has 0 aliphatic carbocycles. The van der Waals surface area contributed by atoms with Crippen LogP contribution in [0.3, 0.4) is 0 Å². The van der Waals surface area contributed by atoms with Crippen LogP contribution in [0, 0.1) is 0 Å². The van der Waals surface area contributed by atoms with Gasteiger partial charge in [0, 0.05) is 6.61 Å². The average Bonchev–Trinajstić information content (AvgIpc) is 2.44. The van der Waals surface area contributed by atoms with E-state index in [9.17, 15) is 39.5 Å². The molecule has 0 aliphatic heterocycles. The monoisotopic (exact) mass is 394 g/mol. The van der Waals surface area contributed by atoms with E-state index >= 15 is 0 Å². The Balaban J connectivity index is 5.71. The maximum atomic E-state index is 13.8. The molecule has 0 amide bonds. The van der Waals surface area contributed by atoms with Crippen LogP contribution in [-0.2, 0) is 8.85 Å². The summed E-state index contributed by atoms with van der Waals surface area (Å²) in [5.41, 5.74) is 0. The van der Waals surface area contributed by atoms with Crippen molar-refractivity contribution in [2.24, 2.45) is 0 Å². The van der Waals surface area contributed by atoms with E-state index in [1.165, 1.54) is 20.8 Å². The maximum absolute atomic E-state index is 13.8. The molecule has 0 rings (SSSR count).